The van der Waals surface area contributed by atoms with Crippen molar-refractivity contribution >= 4 is 0 Å². The number of halogens is 3. The van der Waals surface area contributed by atoms with Gasteiger partial charge in [-0.25, -0.2) is 13.2 Å². The summed E-state index contributed by atoms with van der Waals surface area (Å²) in [5.41, 5.74) is -0.242. The second-order valence-electron chi connectivity index (χ2n) is 2.31. The fourth-order valence-corrected chi connectivity index (χ4v) is 0.852. The standard InChI is InChI=1S/C8H7F3O/c1-4-5(9)3-6(10)8(12-2)7(4)11/h3H,1-2H3. The van der Waals surface area contributed by atoms with Crippen LogP contribution in [0.2, 0.25) is 0 Å². The molecule has 0 fully saturated rings. The highest BCUT2D eigenvalue weighted by atomic mass is 19.1. The van der Waals surface area contributed by atoms with Crippen LogP contribution in [0.15, 0.2) is 6.07 Å². The zero-order valence-electron chi connectivity index (χ0n) is 6.62. The highest BCUT2D eigenvalue weighted by molar-refractivity contribution is 5.32. The van der Waals surface area contributed by atoms with Crippen LogP contribution >= 0.6 is 0 Å². The Morgan fingerprint density at radius 3 is 2.25 bits per heavy atom. The van der Waals surface area contributed by atoms with Crippen molar-refractivity contribution in [1.29, 1.82) is 0 Å². The van der Waals surface area contributed by atoms with E-state index in [0.29, 0.717) is 6.07 Å². The minimum Gasteiger partial charge on any atom is -0.491 e. The summed E-state index contributed by atoms with van der Waals surface area (Å²) in [6.07, 6.45) is 0. The first kappa shape index (κ1) is 8.90. The first-order valence-corrected chi connectivity index (χ1v) is 3.26. The number of hydrogen-bond donors (Lipinski definition) is 0. The summed E-state index contributed by atoms with van der Waals surface area (Å²) in [5.74, 6) is -3.48. The Morgan fingerprint density at radius 1 is 1.17 bits per heavy atom. The quantitative estimate of drug-likeness (QED) is 0.638. The molecule has 0 aliphatic rings. The largest absolute Gasteiger partial charge is 0.491 e. The van der Waals surface area contributed by atoms with Crippen LogP contribution < -0.4 is 4.74 Å². The first-order chi connectivity index (χ1) is 5.57. The molecule has 1 rings (SSSR count). The Labute approximate surface area is 67.8 Å². The van der Waals surface area contributed by atoms with E-state index in [1.807, 2.05) is 0 Å². The van der Waals surface area contributed by atoms with Crippen LogP contribution in [0.3, 0.4) is 0 Å². The lowest BCUT2D eigenvalue weighted by atomic mass is 10.2. The molecular weight excluding hydrogens is 169 g/mol. The number of ether oxygens (including phenoxy) is 1. The number of methoxy groups -OCH3 is 1. The number of benzene rings is 1. The van der Waals surface area contributed by atoms with Crippen LogP contribution in [0.5, 0.6) is 5.75 Å². The van der Waals surface area contributed by atoms with Gasteiger partial charge in [-0.3, -0.25) is 0 Å². The fourth-order valence-electron chi connectivity index (χ4n) is 0.852. The van der Waals surface area contributed by atoms with E-state index in [0.717, 1.165) is 7.11 Å². The molecule has 66 valence electrons. The van der Waals surface area contributed by atoms with Crippen LogP contribution in [0.4, 0.5) is 13.2 Å². The molecule has 1 nitrogen and oxygen atoms in total. The fraction of sp³-hybridized carbons (Fsp3) is 0.250. The van der Waals surface area contributed by atoms with E-state index in [1.54, 1.807) is 0 Å². The average Bonchev–Trinajstić information content (AvgIpc) is 2.01. The molecule has 0 unspecified atom stereocenters. The summed E-state index contributed by atoms with van der Waals surface area (Å²) in [4.78, 5) is 0. The van der Waals surface area contributed by atoms with Gasteiger partial charge in [0, 0.05) is 11.6 Å². The molecule has 0 heterocycles. The predicted octanol–water partition coefficient (Wildman–Crippen LogP) is 2.42. The summed E-state index contributed by atoms with van der Waals surface area (Å²) in [5, 5.41) is 0. The Kier molecular flexibility index (Phi) is 2.26. The maximum absolute atomic E-state index is 12.9. The van der Waals surface area contributed by atoms with Gasteiger partial charge in [0.15, 0.2) is 17.4 Å². The molecule has 0 aromatic heterocycles. The van der Waals surface area contributed by atoms with E-state index < -0.39 is 23.2 Å². The van der Waals surface area contributed by atoms with Crippen molar-refractivity contribution in [3.63, 3.8) is 0 Å². The Morgan fingerprint density at radius 2 is 1.75 bits per heavy atom. The molecule has 4 heteroatoms. The second-order valence-corrected chi connectivity index (χ2v) is 2.31. The molecule has 0 amide bonds. The van der Waals surface area contributed by atoms with E-state index in [-0.39, 0.29) is 5.56 Å². The van der Waals surface area contributed by atoms with Gasteiger partial charge in [-0.1, -0.05) is 0 Å². The average molecular weight is 176 g/mol. The first-order valence-electron chi connectivity index (χ1n) is 3.26. The van der Waals surface area contributed by atoms with E-state index in [1.165, 1.54) is 6.92 Å². The van der Waals surface area contributed by atoms with Gasteiger partial charge in [-0.2, -0.15) is 0 Å². The Bertz CT molecular complexity index is 310. The highest BCUT2D eigenvalue weighted by Crippen LogP contribution is 2.25. The van der Waals surface area contributed by atoms with E-state index >= 15 is 0 Å². The minimum atomic E-state index is -1.03. The highest BCUT2D eigenvalue weighted by Gasteiger charge is 2.15. The second kappa shape index (κ2) is 3.05. The maximum atomic E-state index is 12.9. The maximum Gasteiger partial charge on any atom is 0.190 e. The van der Waals surface area contributed by atoms with Gasteiger partial charge in [0.05, 0.1) is 7.11 Å². The van der Waals surface area contributed by atoms with Crippen molar-refractivity contribution in [2.75, 3.05) is 7.11 Å². The predicted molar refractivity (Wildman–Crippen MR) is 37.6 cm³/mol. The molecule has 0 radical (unpaired) electrons. The van der Waals surface area contributed by atoms with Crippen LogP contribution in [0, 0.1) is 24.4 Å². The monoisotopic (exact) mass is 176 g/mol. The third-order valence-electron chi connectivity index (χ3n) is 1.56. The van der Waals surface area contributed by atoms with Crippen molar-refractivity contribution < 1.29 is 17.9 Å². The van der Waals surface area contributed by atoms with Gasteiger partial charge in [0.25, 0.3) is 0 Å². The van der Waals surface area contributed by atoms with Crippen molar-refractivity contribution in [1.82, 2.24) is 0 Å². The topological polar surface area (TPSA) is 9.23 Å². The molecule has 0 N–H and O–H groups in total. The van der Waals surface area contributed by atoms with E-state index in [9.17, 15) is 13.2 Å². The van der Waals surface area contributed by atoms with Gasteiger partial charge in [-0.05, 0) is 6.92 Å². The van der Waals surface area contributed by atoms with Crippen LogP contribution in [-0.2, 0) is 0 Å². The molecule has 0 saturated carbocycles. The molecular formula is C8H7F3O. The molecule has 0 spiro atoms. The van der Waals surface area contributed by atoms with Crippen molar-refractivity contribution in [3.05, 3.63) is 29.1 Å². The van der Waals surface area contributed by atoms with Gasteiger partial charge in [0.1, 0.15) is 5.82 Å². The third kappa shape index (κ3) is 1.24. The molecule has 0 atom stereocenters. The summed E-state index contributed by atoms with van der Waals surface area (Å²) < 4.78 is 42.6. The zero-order chi connectivity index (χ0) is 9.30. The normalized spacial score (nSPS) is 10.1. The minimum absolute atomic E-state index is 0.242. The smallest absolute Gasteiger partial charge is 0.190 e. The lowest BCUT2D eigenvalue weighted by Gasteiger charge is -2.05. The van der Waals surface area contributed by atoms with Crippen LogP contribution in [0.25, 0.3) is 0 Å². The Hall–Kier alpha value is -1.19. The van der Waals surface area contributed by atoms with Gasteiger partial charge < -0.3 is 4.74 Å². The molecule has 0 aliphatic heterocycles. The Balaban J connectivity index is 3.40. The molecule has 0 aliphatic carbocycles. The summed E-state index contributed by atoms with van der Waals surface area (Å²) in [7, 11) is 1.12. The zero-order valence-corrected chi connectivity index (χ0v) is 6.62. The van der Waals surface area contributed by atoms with Crippen molar-refractivity contribution in [2.45, 2.75) is 6.92 Å². The lowest BCUT2D eigenvalue weighted by molar-refractivity contribution is 0.354. The van der Waals surface area contributed by atoms with Gasteiger partial charge in [0.2, 0.25) is 0 Å². The molecule has 0 bridgehead atoms. The van der Waals surface area contributed by atoms with E-state index in [4.69, 9.17) is 0 Å². The van der Waals surface area contributed by atoms with Crippen LogP contribution in [-0.4, -0.2) is 7.11 Å². The summed E-state index contributed by atoms with van der Waals surface area (Å²) in [6.45, 7) is 1.21. The molecule has 0 saturated heterocycles. The van der Waals surface area contributed by atoms with Crippen molar-refractivity contribution in [2.24, 2.45) is 0 Å². The van der Waals surface area contributed by atoms with Crippen molar-refractivity contribution in [3.8, 4) is 5.75 Å². The SMILES string of the molecule is COc1c(F)cc(F)c(C)c1F. The lowest BCUT2D eigenvalue weighted by Crippen LogP contribution is -1.98. The number of rotatable bonds is 1. The summed E-state index contributed by atoms with van der Waals surface area (Å²) in [6, 6.07) is 0.594. The molecule has 1 aromatic rings. The van der Waals surface area contributed by atoms with E-state index in [2.05, 4.69) is 4.74 Å². The third-order valence-corrected chi connectivity index (χ3v) is 1.56. The number of hydrogen-bond acceptors (Lipinski definition) is 1. The molecule has 1 aromatic carbocycles. The van der Waals surface area contributed by atoms with Gasteiger partial charge >= 0.3 is 0 Å². The van der Waals surface area contributed by atoms with Crippen LogP contribution in [0.1, 0.15) is 5.56 Å². The van der Waals surface area contributed by atoms with Gasteiger partial charge in [-0.15, -0.1) is 0 Å². The summed E-state index contributed by atoms with van der Waals surface area (Å²) >= 11 is 0. The molecule has 12 heavy (non-hydrogen) atoms.